The molecule has 2 heterocycles. The van der Waals surface area contributed by atoms with Crippen LogP contribution in [0.5, 0.6) is 0 Å². The number of H-pyrrole nitrogens is 1. The van der Waals surface area contributed by atoms with E-state index in [4.69, 9.17) is 4.74 Å². The van der Waals surface area contributed by atoms with Crippen molar-refractivity contribution in [3.8, 4) is 0 Å². The van der Waals surface area contributed by atoms with E-state index in [0.717, 1.165) is 0 Å². The monoisotopic (exact) mass is 272 g/mol. The molecular weight excluding hydrogens is 256 g/mol. The Morgan fingerprint density at radius 1 is 1.61 bits per heavy atom. The first-order chi connectivity index (χ1) is 8.56. The summed E-state index contributed by atoms with van der Waals surface area (Å²) >= 11 is 4.08. The van der Waals surface area contributed by atoms with E-state index in [1.54, 1.807) is 0 Å². The molecule has 100 valence electrons. The number of ether oxygens (including phenoxy) is 1. The maximum absolute atomic E-state index is 11.7. The van der Waals surface area contributed by atoms with Gasteiger partial charge >= 0.3 is 5.69 Å². The minimum absolute atomic E-state index is 0.320. The largest absolute Gasteiger partial charge is 0.390 e. The van der Waals surface area contributed by atoms with E-state index < -0.39 is 18.0 Å². The summed E-state index contributed by atoms with van der Waals surface area (Å²) in [4.78, 5) is 25.4. The van der Waals surface area contributed by atoms with Crippen LogP contribution in [0.25, 0.3) is 0 Å². The normalized spacial score (nSPS) is 27.6. The van der Waals surface area contributed by atoms with Crippen LogP contribution in [0.15, 0.2) is 15.8 Å². The molecule has 0 bridgehead atoms. The van der Waals surface area contributed by atoms with Crippen LogP contribution < -0.4 is 11.2 Å². The summed E-state index contributed by atoms with van der Waals surface area (Å²) in [5.41, 5.74) is -0.376. The van der Waals surface area contributed by atoms with E-state index in [2.05, 4.69) is 17.6 Å². The molecule has 3 atom stereocenters. The fraction of sp³-hybridized carbons (Fsp3) is 0.636. The highest BCUT2D eigenvalue weighted by molar-refractivity contribution is 7.80. The highest BCUT2D eigenvalue weighted by atomic mass is 32.1. The summed E-state index contributed by atoms with van der Waals surface area (Å²) in [5.74, 6) is 0.385. The van der Waals surface area contributed by atoms with Gasteiger partial charge in [0, 0.05) is 23.9 Å². The molecule has 0 unspecified atom stereocenters. The number of hydrogen-bond acceptors (Lipinski definition) is 5. The third-order valence-electron chi connectivity index (χ3n) is 3.12. The lowest BCUT2D eigenvalue weighted by molar-refractivity contribution is -0.00749. The average Bonchev–Trinajstić information content (AvgIpc) is 2.70. The molecule has 2 N–H and O–H groups in total. The van der Waals surface area contributed by atoms with Crippen molar-refractivity contribution in [2.75, 3.05) is 5.75 Å². The van der Waals surface area contributed by atoms with Crippen molar-refractivity contribution in [1.29, 1.82) is 0 Å². The molecule has 0 aromatic carbocycles. The van der Waals surface area contributed by atoms with E-state index in [-0.39, 0.29) is 11.7 Å². The van der Waals surface area contributed by atoms with Crippen molar-refractivity contribution < 1.29 is 9.84 Å². The van der Waals surface area contributed by atoms with Gasteiger partial charge < -0.3 is 9.84 Å². The smallest absolute Gasteiger partial charge is 0.330 e. The zero-order valence-corrected chi connectivity index (χ0v) is 10.9. The minimum Gasteiger partial charge on any atom is -0.390 e. The van der Waals surface area contributed by atoms with Crippen LogP contribution in [0, 0.1) is 0 Å². The molecule has 2 rings (SSSR count). The number of aromatic amines is 1. The first-order valence-corrected chi connectivity index (χ1v) is 6.48. The van der Waals surface area contributed by atoms with Gasteiger partial charge in [0.15, 0.2) is 0 Å². The van der Waals surface area contributed by atoms with E-state index >= 15 is 0 Å². The third kappa shape index (κ3) is 2.38. The number of nitrogens with one attached hydrogen (secondary N) is 1. The SMILES string of the molecule is CCc1cn([C@H]2C[C@H](O)[C@@H](CS)O2)c(=O)[nH]c1=O. The minimum atomic E-state index is -0.642. The lowest BCUT2D eigenvalue weighted by Crippen LogP contribution is -2.34. The van der Waals surface area contributed by atoms with Gasteiger partial charge in [-0.2, -0.15) is 12.6 Å². The quantitative estimate of drug-likeness (QED) is 0.658. The maximum atomic E-state index is 11.7. The molecule has 0 aliphatic carbocycles. The second-order valence-electron chi connectivity index (χ2n) is 4.29. The maximum Gasteiger partial charge on any atom is 0.330 e. The van der Waals surface area contributed by atoms with Crippen molar-refractivity contribution in [2.24, 2.45) is 0 Å². The number of rotatable bonds is 3. The van der Waals surface area contributed by atoms with Crippen molar-refractivity contribution >= 4 is 12.6 Å². The van der Waals surface area contributed by atoms with Gasteiger partial charge in [-0.05, 0) is 6.42 Å². The van der Waals surface area contributed by atoms with Gasteiger partial charge in [-0.15, -0.1) is 0 Å². The lowest BCUT2D eigenvalue weighted by atomic mass is 10.2. The Labute approximate surface area is 109 Å². The number of aliphatic hydroxyl groups excluding tert-OH is 1. The van der Waals surface area contributed by atoms with E-state index in [0.29, 0.717) is 24.2 Å². The van der Waals surface area contributed by atoms with Gasteiger partial charge in [0.25, 0.3) is 5.56 Å². The molecule has 0 amide bonds. The summed E-state index contributed by atoms with van der Waals surface area (Å²) in [6, 6.07) is 0. The zero-order chi connectivity index (χ0) is 13.3. The molecule has 1 saturated heterocycles. The molecular formula is C11H16N2O4S. The first-order valence-electron chi connectivity index (χ1n) is 5.85. The van der Waals surface area contributed by atoms with Crippen molar-refractivity contribution in [1.82, 2.24) is 9.55 Å². The van der Waals surface area contributed by atoms with Crippen LogP contribution in [0.4, 0.5) is 0 Å². The number of aliphatic hydroxyl groups is 1. The van der Waals surface area contributed by atoms with E-state index in [1.165, 1.54) is 10.8 Å². The van der Waals surface area contributed by atoms with Gasteiger partial charge in [0.2, 0.25) is 0 Å². The van der Waals surface area contributed by atoms with Crippen LogP contribution in [0.1, 0.15) is 25.1 Å². The van der Waals surface area contributed by atoms with Gasteiger partial charge in [-0.1, -0.05) is 6.92 Å². The van der Waals surface area contributed by atoms with Crippen LogP contribution in [-0.2, 0) is 11.2 Å². The molecule has 0 radical (unpaired) electrons. The predicted molar refractivity (Wildman–Crippen MR) is 69.1 cm³/mol. The summed E-state index contributed by atoms with van der Waals surface area (Å²) in [6.07, 6.45) is 0.770. The Morgan fingerprint density at radius 3 is 2.89 bits per heavy atom. The Balaban J connectivity index is 2.35. The molecule has 18 heavy (non-hydrogen) atoms. The number of aromatic nitrogens is 2. The van der Waals surface area contributed by atoms with Crippen molar-refractivity contribution in [3.63, 3.8) is 0 Å². The Morgan fingerprint density at radius 2 is 2.33 bits per heavy atom. The summed E-state index contributed by atoms with van der Waals surface area (Å²) in [5, 5.41) is 9.73. The standard InChI is InChI=1S/C11H16N2O4S/c1-2-6-4-13(11(16)12-10(6)15)9-3-7(14)8(5-18)17-9/h4,7-9,14,18H,2-3,5H2,1H3,(H,12,15,16)/t7-,8+,9+/m0/s1. The topological polar surface area (TPSA) is 84.3 Å². The van der Waals surface area contributed by atoms with Gasteiger partial charge in [0.05, 0.1) is 12.2 Å². The lowest BCUT2D eigenvalue weighted by Gasteiger charge is -2.15. The van der Waals surface area contributed by atoms with E-state index in [9.17, 15) is 14.7 Å². The van der Waals surface area contributed by atoms with Crippen molar-refractivity contribution in [3.05, 3.63) is 32.6 Å². The fourth-order valence-corrected chi connectivity index (χ4v) is 2.37. The van der Waals surface area contributed by atoms with Crippen LogP contribution >= 0.6 is 12.6 Å². The third-order valence-corrected chi connectivity index (χ3v) is 3.48. The molecule has 1 aliphatic heterocycles. The highest BCUT2D eigenvalue weighted by Gasteiger charge is 2.34. The van der Waals surface area contributed by atoms with Crippen LogP contribution in [0.2, 0.25) is 0 Å². The molecule has 0 saturated carbocycles. The number of thiol groups is 1. The highest BCUT2D eigenvalue weighted by Crippen LogP contribution is 2.28. The zero-order valence-electron chi connectivity index (χ0n) is 10.00. The van der Waals surface area contributed by atoms with Gasteiger partial charge in [-0.3, -0.25) is 14.3 Å². The molecule has 7 heteroatoms. The summed E-state index contributed by atoms with van der Waals surface area (Å²) in [6.45, 7) is 1.83. The van der Waals surface area contributed by atoms with Gasteiger partial charge in [-0.25, -0.2) is 4.79 Å². The molecule has 6 nitrogen and oxygen atoms in total. The van der Waals surface area contributed by atoms with Gasteiger partial charge in [0.1, 0.15) is 6.23 Å². The van der Waals surface area contributed by atoms with Crippen LogP contribution in [0.3, 0.4) is 0 Å². The average molecular weight is 272 g/mol. The molecule has 1 fully saturated rings. The second kappa shape index (κ2) is 5.29. The Bertz CT molecular complexity index is 539. The summed E-state index contributed by atoms with van der Waals surface area (Å²) in [7, 11) is 0. The summed E-state index contributed by atoms with van der Waals surface area (Å²) < 4.78 is 6.87. The molecule has 0 spiro atoms. The number of nitrogens with zero attached hydrogens (tertiary/aromatic N) is 1. The second-order valence-corrected chi connectivity index (χ2v) is 4.65. The molecule has 1 aliphatic rings. The van der Waals surface area contributed by atoms with Crippen LogP contribution in [-0.4, -0.2) is 32.6 Å². The predicted octanol–water partition coefficient (Wildman–Crippen LogP) is -0.323. The number of aryl methyl sites for hydroxylation is 1. The molecule has 1 aromatic rings. The van der Waals surface area contributed by atoms with Crippen molar-refractivity contribution in [2.45, 2.75) is 38.2 Å². The Kier molecular flexibility index (Phi) is 3.94. The first kappa shape index (κ1) is 13.4. The fourth-order valence-electron chi connectivity index (χ4n) is 2.04. The Hall–Kier alpha value is -1.05. The molecule has 1 aromatic heterocycles. The van der Waals surface area contributed by atoms with E-state index in [1.807, 2.05) is 6.92 Å². The number of hydrogen-bond donors (Lipinski definition) is 3.